The smallest absolute Gasteiger partial charge is 0.142 e. The summed E-state index contributed by atoms with van der Waals surface area (Å²) >= 11 is 8.42. The molecule has 0 spiro atoms. The van der Waals surface area contributed by atoms with Crippen molar-refractivity contribution in [1.29, 1.82) is 0 Å². The highest BCUT2D eigenvalue weighted by Crippen LogP contribution is 2.46. The average molecular weight is 882 g/mol. The molecule has 170 valence electrons. The van der Waals surface area contributed by atoms with Crippen LogP contribution in [0.3, 0.4) is 0 Å². The lowest BCUT2D eigenvalue weighted by Gasteiger charge is -2.32. The fourth-order valence-electron chi connectivity index (χ4n) is 3.74. The van der Waals surface area contributed by atoms with Crippen molar-refractivity contribution in [2.45, 2.75) is 38.5 Å². The Balaban J connectivity index is 2.22. The summed E-state index contributed by atoms with van der Waals surface area (Å²) in [4.78, 5) is 0. The van der Waals surface area contributed by atoms with Crippen LogP contribution in [-0.4, -0.2) is 20.4 Å². The quantitative estimate of drug-likeness (QED) is 0.204. The van der Waals surface area contributed by atoms with Crippen molar-refractivity contribution in [2.24, 2.45) is 0 Å². The predicted octanol–water partition coefficient (Wildman–Crippen LogP) is 7.58. The van der Waals surface area contributed by atoms with Crippen LogP contribution < -0.4 is 0 Å². The molecule has 4 N–H and O–H groups in total. The number of phenolic OH excluding ortho intramolecular Hbond substituents is 4. The van der Waals surface area contributed by atoms with Crippen molar-refractivity contribution in [2.75, 3.05) is 0 Å². The van der Waals surface area contributed by atoms with Crippen LogP contribution in [0, 0.1) is 14.3 Å². The van der Waals surface area contributed by atoms with Crippen LogP contribution in [0.15, 0.2) is 36.4 Å². The Morgan fingerprint density at radius 1 is 0.500 bits per heavy atom. The minimum absolute atomic E-state index is 0.0139. The molecule has 0 radical (unpaired) electrons. The molecular weight excluding hydrogens is 860 g/mol. The van der Waals surface area contributed by atoms with Crippen LogP contribution in [0.4, 0.5) is 0 Å². The van der Waals surface area contributed by atoms with E-state index in [0.717, 1.165) is 25.4 Å². The molecule has 0 amide bonds. The second-order valence-corrected chi connectivity index (χ2v) is 13.4. The van der Waals surface area contributed by atoms with Gasteiger partial charge in [0.2, 0.25) is 0 Å². The number of phenols is 4. The summed E-state index contributed by atoms with van der Waals surface area (Å²) in [6.45, 7) is 8.06. The van der Waals surface area contributed by atoms with Crippen molar-refractivity contribution in [1.82, 2.24) is 0 Å². The predicted molar refractivity (Wildman–Crippen MR) is 161 cm³/mol. The molecule has 3 rings (SSSR count). The van der Waals surface area contributed by atoms with E-state index in [2.05, 4.69) is 90.4 Å². The summed E-state index contributed by atoms with van der Waals surface area (Å²) in [5, 5.41) is 42.0. The number of hydrogen-bond donors (Lipinski definition) is 4. The van der Waals surface area contributed by atoms with Gasteiger partial charge in [-0.15, -0.1) is 0 Å². The first kappa shape index (κ1) is 26.4. The maximum atomic E-state index is 10.8. The molecule has 3 aromatic carbocycles. The second kappa shape index (κ2) is 9.44. The van der Waals surface area contributed by atoms with Crippen LogP contribution in [0.5, 0.6) is 23.0 Å². The highest BCUT2D eigenvalue weighted by molar-refractivity contribution is 14.1. The lowest BCUT2D eigenvalue weighted by atomic mass is 9.72. The minimum Gasteiger partial charge on any atom is -0.507 e. The van der Waals surface area contributed by atoms with Gasteiger partial charge < -0.3 is 20.4 Å². The molecule has 0 saturated heterocycles. The van der Waals surface area contributed by atoms with Crippen molar-refractivity contribution in [3.8, 4) is 23.0 Å². The van der Waals surface area contributed by atoms with E-state index >= 15 is 0 Å². The second-order valence-electron chi connectivity index (χ2n) is 8.71. The maximum absolute atomic E-state index is 10.8. The summed E-state index contributed by atoms with van der Waals surface area (Å²) in [6.07, 6.45) is 0. The molecule has 0 atom stereocenters. The zero-order valence-electron chi connectivity index (χ0n) is 17.8. The van der Waals surface area contributed by atoms with Gasteiger partial charge in [0.05, 0.1) is 14.3 Å². The van der Waals surface area contributed by atoms with Crippen LogP contribution >= 0.6 is 90.4 Å². The molecule has 0 saturated carbocycles. The molecule has 0 aliphatic carbocycles. The summed E-state index contributed by atoms with van der Waals surface area (Å²) < 4.78 is 2.96. The fraction of sp³-hybridized carbons (Fsp3) is 0.250. The van der Waals surface area contributed by atoms with Crippen molar-refractivity contribution >= 4 is 90.4 Å². The van der Waals surface area contributed by atoms with Gasteiger partial charge in [0.15, 0.2) is 0 Å². The lowest BCUT2D eigenvalue weighted by molar-refractivity contribution is 0.424. The molecule has 3 aromatic rings. The summed E-state index contributed by atoms with van der Waals surface area (Å²) in [7, 11) is 0. The highest BCUT2D eigenvalue weighted by Gasteiger charge is 2.33. The monoisotopic (exact) mass is 882 g/mol. The van der Waals surface area contributed by atoms with Gasteiger partial charge in [0.25, 0.3) is 0 Å². The molecule has 0 heterocycles. The van der Waals surface area contributed by atoms with Gasteiger partial charge in [-0.2, -0.15) is 0 Å². The Morgan fingerprint density at radius 3 is 1.06 bits per heavy atom. The fourth-order valence-corrected chi connectivity index (χ4v) is 7.28. The third-order valence-electron chi connectivity index (χ3n) is 5.94. The van der Waals surface area contributed by atoms with E-state index in [1.165, 1.54) is 6.07 Å². The highest BCUT2D eigenvalue weighted by atomic mass is 127. The zero-order chi connectivity index (χ0) is 24.2. The van der Waals surface area contributed by atoms with Gasteiger partial charge in [0, 0.05) is 28.0 Å². The number of rotatable bonds is 4. The third kappa shape index (κ3) is 4.79. The Morgan fingerprint density at radius 2 is 0.781 bits per heavy atom. The largest absolute Gasteiger partial charge is 0.507 e. The average Bonchev–Trinajstić information content (AvgIpc) is 2.68. The Hall–Kier alpha value is -0.220. The summed E-state index contributed by atoms with van der Waals surface area (Å²) in [6, 6.07) is 10.9. The normalized spacial score (nSPS) is 12.2. The lowest BCUT2D eigenvalue weighted by Crippen LogP contribution is -2.24. The van der Waals surface area contributed by atoms with Crippen LogP contribution in [0.1, 0.15) is 49.9 Å². The minimum atomic E-state index is -0.589. The molecular formula is C24H22I4O4. The van der Waals surface area contributed by atoms with E-state index in [0.29, 0.717) is 11.1 Å². The Labute approximate surface area is 242 Å². The molecule has 8 heteroatoms. The van der Waals surface area contributed by atoms with Gasteiger partial charge >= 0.3 is 0 Å². The van der Waals surface area contributed by atoms with E-state index in [9.17, 15) is 20.4 Å². The first-order valence-corrected chi connectivity index (χ1v) is 13.9. The molecule has 0 bridgehead atoms. The zero-order valence-corrected chi connectivity index (χ0v) is 26.4. The topological polar surface area (TPSA) is 80.9 Å². The Bertz CT molecular complexity index is 1080. The van der Waals surface area contributed by atoms with Gasteiger partial charge in [-0.3, -0.25) is 0 Å². The van der Waals surface area contributed by atoms with Crippen molar-refractivity contribution in [3.05, 3.63) is 72.9 Å². The van der Waals surface area contributed by atoms with Crippen molar-refractivity contribution < 1.29 is 20.4 Å². The van der Waals surface area contributed by atoms with Gasteiger partial charge in [0.1, 0.15) is 23.0 Å². The molecule has 0 aliphatic heterocycles. The van der Waals surface area contributed by atoms with E-state index < -0.39 is 10.8 Å². The van der Waals surface area contributed by atoms with E-state index in [1.54, 1.807) is 0 Å². The molecule has 0 aliphatic rings. The first-order chi connectivity index (χ1) is 14.7. The van der Waals surface area contributed by atoms with Crippen molar-refractivity contribution in [3.63, 3.8) is 0 Å². The number of aromatic hydroxyl groups is 4. The molecule has 0 aromatic heterocycles. The molecule has 0 fully saturated rings. The van der Waals surface area contributed by atoms with Crippen LogP contribution in [-0.2, 0) is 10.8 Å². The maximum Gasteiger partial charge on any atom is 0.142 e. The number of hydrogen-bond acceptors (Lipinski definition) is 4. The number of halogens is 4. The molecule has 4 nitrogen and oxygen atoms in total. The van der Waals surface area contributed by atoms with E-state index in [1.807, 2.05) is 58.0 Å². The third-order valence-corrected chi connectivity index (χ3v) is 9.23. The standard InChI is InChI=1S/C24H22I4O4/c1-23(2,11-5-15(25)21(31)16(26)6-11)13-9-14(20(30)10-19(13)29)24(3,4)12-7-17(27)22(32)18(28)8-12/h5-10,29-32H,1-4H3. The van der Waals surface area contributed by atoms with Gasteiger partial charge in [-0.25, -0.2) is 0 Å². The van der Waals surface area contributed by atoms with Gasteiger partial charge in [-0.05, 0) is 132 Å². The Kier molecular flexibility index (Phi) is 7.78. The SMILES string of the molecule is CC(C)(c1cc(I)c(O)c(I)c1)c1cc(C(C)(C)c2cc(I)c(O)c(I)c2)c(O)cc1O. The molecule has 0 unspecified atom stereocenters. The van der Waals surface area contributed by atoms with Crippen LogP contribution in [0.2, 0.25) is 0 Å². The van der Waals surface area contributed by atoms with E-state index in [-0.39, 0.29) is 23.0 Å². The summed E-state index contributed by atoms with van der Waals surface area (Å²) in [5.41, 5.74) is 2.07. The first-order valence-electron chi connectivity index (χ1n) is 9.61. The van der Waals surface area contributed by atoms with Gasteiger partial charge in [-0.1, -0.05) is 27.7 Å². The molecule has 32 heavy (non-hydrogen) atoms. The summed E-state index contributed by atoms with van der Waals surface area (Å²) in [5.74, 6) is 0.526. The van der Waals surface area contributed by atoms with Crippen LogP contribution in [0.25, 0.3) is 0 Å². The number of benzene rings is 3. The van der Waals surface area contributed by atoms with E-state index in [4.69, 9.17) is 0 Å².